The van der Waals surface area contributed by atoms with Crippen molar-refractivity contribution in [2.24, 2.45) is 11.7 Å². The SMILES string of the molecule is CNC(Cc1ccccc1)C(=O)NC1C(=O)N2C(CCC1CN)CC[C@H]2C(=O)NCCc1ccc(OC)cc1. The van der Waals surface area contributed by atoms with Crippen molar-refractivity contribution in [3.05, 3.63) is 65.7 Å². The van der Waals surface area contributed by atoms with Crippen LogP contribution in [0.5, 0.6) is 5.75 Å². The Morgan fingerprint density at radius 1 is 1.03 bits per heavy atom. The molecule has 5 atom stereocenters. The first-order valence-electron chi connectivity index (χ1n) is 13.9. The van der Waals surface area contributed by atoms with Crippen molar-refractivity contribution in [2.45, 2.75) is 62.7 Å². The van der Waals surface area contributed by atoms with Gasteiger partial charge in [0.25, 0.3) is 0 Å². The zero-order chi connectivity index (χ0) is 27.8. The fraction of sp³-hybridized carbons (Fsp3) is 0.500. The van der Waals surface area contributed by atoms with Crippen molar-refractivity contribution in [2.75, 3.05) is 27.2 Å². The molecule has 0 bridgehead atoms. The van der Waals surface area contributed by atoms with E-state index in [1.165, 1.54) is 0 Å². The lowest BCUT2D eigenvalue weighted by molar-refractivity contribution is -0.143. The highest BCUT2D eigenvalue weighted by Gasteiger charge is 2.47. The lowest BCUT2D eigenvalue weighted by atomic mass is 9.93. The number of nitrogens with one attached hydrogen (secondary N) is 3. The summed E-state index contributed by atoms with van der Waals surface area (Å²) >= 11 is 0. The maximum atomic E-state index is 13.9. The molecule has 9 heteroatoms. The average molecular weight is 536 g/mol. The van der Waals surface area contributed by atoms with Crippen LogP contribution in [0.4, 0.5) is 0 Å². The minimum atomic E-state index is -0.758. The van der Waals surface area contributed by atoms with Gasteiger partial charge in [0.1, 0.15) is 17.8 Å². The van der Waals surface area contributed by atoms with Crippen molar-refractivity contribution in [3.63, 3.8) is 0 Å². The number of fused-ring (bicyclic) bond motifs is 1. The van der Waals surface area contributed by atoms with E-state index in [1.807, 2.05) is 54.6 Å². The lowest BCUT2D eigenvalue weighted by Crippen LogP contribution is -2.59. The molecule has 2 aromatic rings. The highest BCUT2D eigenvalue weighted by Crippen LogP contribution is 2.34. The predicted octanol–water partition coefficient (Wildman–Crippen LogP) is 1.40. The molecule has 2 fully saturated rings. The summed E-state index contributed by atoms with van der Waals surface area (Å²) in [5.41, 5.74) is 8.21. The van der Waals surface area contributed by atoms with Gasteiger partial charge in [-0.25, -0.2) is 0 Å². The second-order valence-corrected chi connectivity index (χ2v) is 10.5. The molecule has 2 aliphatic heterocycles. The van der Waals surface area contributed by atoms with Gasteiger partial charge in [-0.05, 0) is 75.4 Å². The molecule has 4 rings (SSSR count). The molecule has 2 heterocycles. The molecular weight excluding hydrogens is 494 g/mol. The zero-order valence-corrected chi connectivity index (χ0v) is 22.9. The monoisotopic (exact) mass is 535 g/mol. The standard InChI is InChI=1S/C30H41N5O4/c1-32-25(18-21-6-4-3-5-7-21)28(36)34-27-22(19-31)10-11-23-12-15-26(35(23)30(27)38)29(37)33-17-16-20-8-13-24(39-2)14-9-20/h3-9,13-14,22-23,25-27,32H,10-12,15-19,31H2,1-2H3,(H,33,37)(H,34,36)/t22?,23?,25?,26-,27?/m0/s1. The number of nitrogens with zero attached hydrogens (tertiary/aromatic N) is 1. The lowest BCUT2D eigenvalue weighted by Gasteiger charge is -2.32. The molecule has 0 aliphatic carbocycles. The number of likely N-dealkylation sites (N-methyl/N-ethyl adjacent to an activating group) is 1. The highest BCUT2D eigenvalue weighted by molar-refractivity contribution is 5.94. The van der Waals surface area contributed by atoms with E-state index in [2.05, 4.69) is 16.0 Å². The number of hydrogen-bond acceptors (Lipinski definition) is 6. The van der Waals surface area contributed by atoms with E-state index >= 15 is 0 Å². The van der Waals surface area contributed by atoms with Crippen LogP contribution < -0.4 is 26.4 Å². The summed E-state index contributed by atoms with van der Waals surface area (Å²) in [5.74, 6) is 0.0193. The number of carbonyl (C=O) groups is 3. The summed E-state index contributed by atoms with van der Waals surface area (Å²) in [5, 5.41) is 9.12. The number of benzene rings is 2. The first-order valence-corrected chi connectivity index (χ1v) is 13.9. The molecule has 0 saturated carbocycles. The third kappa shape index (κ3) is 6.96. The van der Waals surface area contributed by atoms with Gasteiger partial charge in [-0.2, -0.15) is 0 Å². The van der Waals surface area contributed by atoms with Crippen LogP contribution in [0.15, 0.2) is 54.6 Å². The van der Waals surface area contributed by atoms with Crippen molar-refractivity contribution < 1.29 is 19.1 Å². The molecule has 0 spiro atoms. The Hall–Kier alpha value is -3.43. The Balaban J connectivity index is 1.41. The molecule has 2 saturated heterocycles. The van der Waals surface area contributed by atoms with Gasteiger partial charge < -0.3 is 31.3 Å². The quantitative estimate of drug-likeness (QED) is 0.345. The predicted molar refractivity (Wildman–Crippen MR) is 150 cm³/mol. The van der Waals surface area contributed by atoms with E-state index in [0.29, 0.717) is 32.4 Å². The van der Waals surface area contributed by atoms with Gasteiger partial charge in [0.05, 0.1) is 13.2 Å². The van der Waals surface area contributed by atoms with Gasteiger partial charge in [0.2, 0.25) is 17.7 Å². The summed E-state index contributed by atoms with van der Waals surface area (Å²) in [7, 11) is 3.37. The van der Waals surface area contributed by atoms with E-state index in [4.69, 9.17) is 10.5 Å². The fourth-order valence-corrected chi connectivity index (χ4v) is 5.80. The summed E-state index contributed by atoms with van der Waals surface area (Å²) < 4.78 is 5.20. The molecular formula is C30H41N5O4. The molecule has 3 amide bonds. The van der Waals surface area contributed by atoms with Crippen LogP contribution >= 0.6 is 0 Å². The van der Waals surface area contributed by atoms with E-state index < -0.39 is 18.1 Å². The largest absolute Gasteiger partial charge is 0.497 e. The topological polar surface area (TPSA) is 126 Å². The number of hydrogen-bond donors (Lipinski definition) is 4. The highest BCUT2D eigenvalue weighted by atomic mass is 16.5. The summed E-state index contributed by atoms with van der Waals surface area (Å²) in [6.45, 7) is 0.766. The van der Waals surface area contributed by atoms with Gasteiger partial charge in [0.15, 0.2) is 0 Å². The second-order valence-electron chi connectivity index (χ2n) is 10.5. The van der Waals surface area contributed by atoms with Crippen molar-refractivity contribution >= 4 is 17.7 Å². The van der Waals surface area contributed by atoms with E-state index in [0.717, 1.165) is 36.1 Å². The molecule has 2 aliphatic rings. The number of nitrogens with two attached hydrogens (primary N) is 1. The van der Waals surface area contributed by atoms with Gasteiger partial charge in [-0.15, -0.1) is 0 Å². The smallest absolute Gasteiger partial charge is 0.246 e. The maximum Gasteiger partial charge on any atom is 0.246 e. The van der Waals surface area contributed by atoms with Gasteiger partial charge in [-0.3, -0.25) is 14.4 Å². The third-order valence-corrected chi connectivity index (χ3v) is 8.09. The van der Waals surface area contributed by atoms with Crippen LogP contribution in [0.1, 0.15) is 36.8 Å². The first-order chi connectivity index (χ1) is 18.9. The van der Waals surface area contributed by atoms with Crippen molar-refractivity contribution in [1.29, 1.82) is 0 Å². The summed E-state index contributed by atoms with van der Waals surface area (Å²) in [6.07, 6.45) is 4.07. The zero-order valence-electron chi connectivity index (χ0n) is 22.9. The minimum absolute atomic E-state index is 0.0183. The number of carbonyl (C=O) groups excluding carboxylic acids is 3. The number of methoxy groups -OCH3 is 1. The van der Waals surface area contributed by atoms with Gasteiger partial charge in [-0.1, -0.05) is 42.5 Å². The fourth-order valence-electron chi connectivity index (χ4n) is 5.80. The van der Waals surface area contributed by atoms with Crippen molar-refractivity contribution in [3.8, 4) is 5.75 Å². The Labute approximate surface area is 230 Å². The summed E-state index contributed by atoms with van der Waals surface area (Å²) in [4.78, 5) is 42.2. The number of ether oxygens (including phenoxy) is 1. The molecule has 2 aromatic carbocycles. The molecule has 4 unspecified atom stereocenters. The van der Waals surface area contributed by atoms with Crippen LogP contribution in [-0.2, 0) is 27.2 Å². The average Bonchev–Trinajstić information content (AvgIpc) is 3.34. The number of amides is 3. The third-order valence-electron chi connectivity index (χ3n) is 8.09. The van der Waals surface area contributed by atoms with E-state index in [-0.39, 0.29) is 29.7 Å². The van der Waals surface area contributed by atoms with Crippen LogP contribution in [0.3, 0.4) is 0 Å². The summed E-state index contributed by atoms with van der Waals surface area (Å²) in [6, 6.07) is 15.7. The van der Waals surface area contributed by atoms with Crippen LogP contribution in [-0.4, -0.2) is 74.0 Å². The van der Waals surface area contributed by atoms with Crippen LogP contribution in [0, 0.1) is 5.92 Å². The van der Waals surface area contributed by atoms with Gasteiger partial charge in [0, 0.05) is 18.5 Å². The Bertz CT molecular complexity index is 1110. The minimum Gasteiger partial charge on any atom is -0.497 e. The van der Waals surface area contributed by atoms with Crippen LogP contribution in [0.25, 0.3) is 0 Å². The second kappa shape index (κ2) is 13.6. The molecule has 210 valence electrons. The molecule has 39 heavy (non-hydrogen) atoms. The first kappa shape index (κ1) is 28.6. The molecule has 5 N–H and O–H groups in total. The molecule has 9 nitrogen and oxygen atoms in total. The van der Waals surface area contributed by atoms with E-state index in [9.17, 15) is 14.4 Å². The van der Waals surface area contributed by atoms with Gasteiger partial charge >= 0.3 is 0 Å². The Kier molecular flexibility index (Phi) is 9.95. The molecule has 0 radical (unpaired) electrons. The normalized spacial score (nSPS) is 23.5. The molecule has 0 aromatic heterocycles. The van der Waals surface area contributed by atoms with Crippen molar-refractivity contribution in [1.82, 2.24) is 20.9 Å². The number of rotatable bonds is 11. The van der Waals surface area contributed by atoms with Crippen LogP contribution in [0.2, 0.25) is 0 Å². The Morgan fingerprint density at radius 3 is 2.41 bits per heavy atom. The Morgan fingerprint density at radius 2 is 1.74 bits per heavy atom. The maximum absolute atomic E-state index is 13.9. The van der Waals surface area contributed by atoms with E-state index in [1.54, 1.807) is 19.1 Å².